The Morgan fingerprint density at radius 3 is 2.43 bits per heavy atom. The van der Waals surface area contributed by atoms with Gasteiger partial charge in [0.2, 0.25) is 5.91 Å². The van der Waals surface area contributed by atoms with Gasteiger partial charge in [-0.15, -0.1) is 0 Å². The van der Waals surface area contributed by atoms with Crippen molar-refractivity contribution in [2.75, 3.05) is 31.5 Å². The fourth-order valence-electron chi connectivity index (χ4n) is 4.52. The molecule has 4 nitrogen and oxygen atoms in total. The predicted octanol–water partition coefficient (Wildman–Crippen LogP) is 2.50. The lowest BCUT2D eigenvalue weighted by Gasteiger charge is -2.39. The second-order valence-corrected chi connectivity index (χ2v) is 7.21. The van der Waals surface area contributed by atoms with Crippen molar-refractivity contribution in [3.05, 3.63) is 29.8 Å². The SMILES string of the molecule is O=C1Nc2ccccc2CC[C@@H]1N1CCC(N2CCCC2)CC1. The number of aryl methyl sites for hydroxylation is 1. The molecule has 0 spiro atoms. The van der Waals surface area contributed by atoms with Gasteiger partial charge in [-0.1, -0.05) is 18.2 Å². The third-order valence-electron chi connectivity index (χ3n) is 5.86. The highest BCUT2D eigenvalue weighted by atomic mass is 16.2. The maximum atomic E-state index is 12.7. The first-order valence-corrected chi connectivity index (χ1v) is 9.18. The highest BCUT2D eigenvalue weighted by molar-refractivity contribution is 5.96. The molecule has 2 saturated heterocycles. The molecule has 0 unspecified atom stereocenters. The highest BCUT2D eigenvalue weighted by Crippen LogP contribution is 2.27. The van der Waals surface area contributed by atoms with E-state index in [1.165, 1.54) is 44.3 Å². The Labute approximate surface area is 138 Å². The number of anilines is 1. The fraction of sp³-hybridized carbons (Fsp3) is 0.632. The molecule has 1 aromatic rings. The van der Waals surface area contributed by atoms with E-state index in [4.69, 9.17) is 0 Å². The Bertz CT molecular complexity index is 559. The van der Waals surface area contributed by atoms with E-state index in [-0.39, 0.29) is 11.9 Å². The van der Waals surface area contributed by atoms with Gasteiger partial charge >= 0.3 is 0 Å². The van der Waals surface area contributed by atoms with Crippen LogP contribution in [-0.4, -0.2) is 54.0 Å². The number of amides is 1. The smallest absolute Gasteiger partial charge is 0.241 e. The lowest BCUT2D eigenvalue weighted by Crippen LogP contribution is -2.51. The molecule has 1 aromatic carbocycles. The molecule has 2 fully saturated rings. The topological polar surface area (TPSA) is 35.6 Å². The Morgan fingerprint density at radius 2 is 1.65 bits per heavy atom. The summed E-state index contributed by atoms with van der Waals surface area (Å²) in [6.45, 7) is 4.69. The Balaban J connectivity index is 1.38. The van der Waals surface area contributed by atoms with E-state index in [1.807, 2.05) is 12.1 Å². The summed E-state index contributed by atoms with van der Waals surface area (Å²) < 4.78 is 0. The van der Waals surface area contributed by atoms with Gasteiger partial charge in [0.15, 0.2) is 0 Å². The number of piperidine rings is 1. The maximum absolute atomic E-state index is 12.7. The summed E-state index contributed by atoms with van der Waals surface area (Å²) in [5.74, 6) is 0.189. The van der Waals surface area contributed by atoms with Crippen LogP contribution in [-0.2, 0) is 11.2 Å². The zero-order valence-electron chi connectivity index (χ0n) is 13.8. The molecule has 0 bridgehead atoms. The third kappa shape index (κ3) is 3.15. The van der Waals surface area contributed by atoms with E-state index < -0.39 is 0 Å². The van der Waals surface area contributed by atoms with Crippen LogP contribution in [0.3, 0.4) is 0 Å². The number of likely N-dealkylation sites (tertiary alicyclic amines) is 2. The molecule has 1 amide bonds. The zero-order valence-corrected chi connectivity index (χ0v) is 13.8. The van der Waals surface area contributed by atoms with Crippen molar-refractivity contribution in [3.8, 4) is 0 Å². The van der Waals surface area contributed by atoms with E-state index in [2.05, 4.69) is 27.2 Å². The van der Waals surface area contributed by atoms with Crippen molar-refractivity contribution in [2.24, 2.45) is 0 Å². The number of hydrogen-bond donors (Lipinski definition) is 1. The van der Waals surface area contributed by atoms with Crippen molar-refractivity contribution in [3.63, 3.8) is 0 Å². The van der Waals surface area contributed by atoms with Crippen molar-refractivity contribution in [1.29, 1.82) is 0 Å². The van der Waals surface area contributed by atoms with Crippen molar-refractivity contribution in [1.82, 2.24) is 9.80 Å². The van der Waals surface area contributed by atoms with Gasteiger partial charge in [0.1, 0.15) is 0 Å². The Kier molecular flexibility index (Phi) is 4.36. The highest BCUT2D eigenvalue weighted by Gasteiger charge is 2.33. The summed E-state index contributed by atoms with van der Waals surface area (Å²) in [5.41, 5.74) is 2.28. The fourth-order valence-corrected chi connectivity index (χ4v) is 4.52. The van der Waals surface area contributed by atoms with E-state index >= 15 is 0 Å². The lowest BCUT2D eigenvalue weighted by atomic mass is 9.99. The van der Waals surface area contributed by atoms with Crippen LogP contribution in [0.2, 0.25) is 0 Å². The second-order valence-electron chi connectivity index (χ2n) is 7.21. The van der Waals surface area contributed by atoms with Crippen molar-refractivity contribution >= 4 is 11.6 Å². The molecule has 3 heterocycles. The molecule has 4 heteroatoms. The van der Waals surface area contributed by atoms with Crippen LogP contribution in [0.1, 0.15) is 37.7 Å². The molecule has 23 heavy (non-hydrogen) atoms. The van der Waals surface area contributed by atoms with Gasteiger partial charge in [0.05, 0.1) is 6.04 Å². The Morgan fingerprint density at radius 1 is 0.913 bits per heavy atom. The summed E-state index contributed by atoms with van der Waals surface area (Å²) in [5, 5.41) is 3.15. The molecular weight excluding hydrogens is 286 g/mol. The van der Waals surface area contributed by atoms with Gasteiger partial charge < -0.3 is 10.2 Å². The van der Waals surface area contributed by atoms with Crippen LogP contribution < -0.4 is 5.32 Å². The van der Waals surface area contributed by atoms with Crippen LogP contribution in [0, 0.1) is 0 Å². The van der Waals surface area contributed by atoms with E-state index in [0.29, 0.717) is 0 Å². The number of carbonyl (C=O) groups is 1. The molecule has 0 aliphatic carbocycles. The number of fused-ring (bicyclic) bond motifs is 1. The normalized spacial score (nSPS) is 27.5. The number of benzene rings is 1. The summed E-state index contributed by atoms with van der Waals surface area (Å²) in [4.78, 5) is 17.7. The summed E-state index contributed by atoms with van der Waals surface area (Å²) in [6.07, 6.45) is 7.10. The van der Waals surface area contributed by atoms with Gasteiger partial charge in [-0.25, -0.2) is 0 Å². The van der Waals surface area contributed by atoms with Gasteiger partial charge in [-0.3, -0.25) is 9.69 Å². The van der Waals surface area contributed by atoms with Crippen molar-refractivity contribution in [2.45, 2.75) is 50.6 Å². The molecule has 124 valence electrons. The monoisotopic (exact) mass is 313 g/mol. The number of para-hydroxylation sites is 1. The second kappa shape index (κ2) is 6.62. The average Bonchev–Trinajstić information content (AvgIpc) is 3.06. The predicted molar refractivity (Wildman–Crippen MR) is 92.6 cm³/mol. The van der Waals surface area contributed by atoms with Crippen molar-refractivity contribution < 1.29 is 4.79 Å². The summed E-state index contributed by atoms with van der Waals surface area (Å²) >= 11 is 0. The Hall–Kier alpha value is -1.39. The molecule has 1 atom stereocenters. The minimum absolute atomic E-state index is 0.0435. The first-order chi connectivity index (χ1) is 11.3. The average molecular weight is 313 g/mol. The number of rotatable bonds is 2. The quantitative estimate of drug-likeness (QED) is 0.911. The maximum Gasteiger partial charge on any atom is 0.241 e. The van der Waals surface area contributed by atoms with Gasteiger partial charge in [-0.2, -0.15) is 0 Å². The molecule has 3 aliphatic heterocycles. The number of carbonyl (C=O) groups excluding carboxylic acids is 1. The minimum Gasteiger partial charge on any atom is -0.324 e. The molecular formula is C19H27N3O. The molecule has 3 aliphatic rings. The molecule has 0 radical (unpaired) electrons. The first kappa shape index (κ1) is 15.2. The molecule has 0 aromatic heterocycles. The first-order valence-electron chi connectivity index (χ1n) is 9.18. The van der Waals surface area contributed by atoms with Gasteiger partial charge in [-0.05, 0) is 63.2 Å². The standard InChI is InChI=1S/C19H27N3O/c23-19-18(8-7-15-5-1-2-6-17(15)20-19)22-13-9-16(10-14-22)21-11-3-4-12-21/h1-2,5-6,16,18H,3-4,7-14H2,(H,20,23)/t18-/m0/s1. The largest absolute Gasteiger partial charge is 0.324 e. The molecule has 0 saturated carbocycles. The molecule has 4 rings (SSSR count). The third-order valence-corrected chi connectivity index (χ3v) is 5.86. The number of nitrogens with zero attached hydrogens (tertiary/aromatic N) is 2. The van der Waals surface area contributed by atoms with E-state index in [0.717, 1.165) is 37.7 Å². The minimum atomic E-state index is 0.0435. The van der Waals surface area contributed by atoms with Crippen LogP contribution in [0.15, 0.2) is 24.3 Å². The summed E-state index contributed by atoms with van der Waals surface area (Å²) in [6, 6.07) is 9.02. The van der Waals surface area contributed by atoms with Crippen LogP contribution in [0.5, 0.6) is 0 Å². The lowest BCUT2D eigenvalue weighted by molar-refractivity contribution is -0.122. The van der Waals surface area contributed by atoms with Crippen LogP contribution >= 0.6 is 0 Å². The zero-order chi connectivity index (χ0) is 15.6. The molecule has 1 N–H and O–H groups in total. The van der Waals surface area contributed by atoms with Crippen LogP contribution in [0.4, 0.5) is 5.69 Å². The van der Waals surface area contributed by atoms with E-state index in [1.54, 1.807) is 0 Å². The summed E-state index contributed by atoms with van der Waals surface area (Å²) in [7, 11) is 0. The number of nitrogens with one attached hydrogen (secondary N) is 1. The van der Waals surface area contributed by atoms with Gasteiger partial charge in [0, 0.05) is 24.8 Å². The van der Waals surface area contributed by atoms with E-state index in [9.17, 15) is 4.79 Å². The van der Waals surface area contributed by atoms with Gasteiger partial charge in [0.25, 0.3) is 0 Å². The van der Waals surface area contributed by atoms with Crippen LogP contribution in [0.25, 0.3) is 0 Å². The number of hydrogen-bond acceptors (Lipinski definition) is 3.